The Morgan fingerprint density at radius 2 is 1.75 bits per heavy atom. The highest BCUT2D eigenvalue weighted by molar-refractivity contribution is 7.54. The third kappa shape index (κ3) is 4.54. The molecule has 0 aromatic rings. The Balaban J connectivity index is 4.08. The molecule has 0 fully saturated rings. The van der Waals surface area contributed by atoms with E-state index in [1.165, 1.54) is 0 Å². The number of hydrogen-bond donors (Lipinski definition) is 2. The first-order chi connectivity index (χ1) is 7.43. The van der Waals surface area contributed by atoms with Gasteiger partial charge >= 0.3 is 7.60 Å². The second-order valence-corrected chi connectivity index (χ2v) is 6.41. The van der Waals surface area contributed by atoms with Gasteiger partial charge in [-0.1, -0.05) is 40.0 Å². The molecule has 0 bridgehead atoms. The lowest BCUT2D eigenvalue weighted by Crippen LogP contribution is -2.38. The highest BCUT2D eigenvalue weighted by Gasteiger charge is 2.42. The molecular weight excluding hydrogens is 225 g/mol. The van der Waals surface area contributed by atoms with Crippen LogP contribution in [0.25, 0.3) is 0 Å². The standard InChI is InChI=1S/C11H26NO3P/c1-4-7-8-9-10-15-16(13,14)11(12,5-2)6-3/h4-10,12H2,1-3H3,(H,13,14). The van der Waals surface area contributed by atoms with E-state index in [4.69, 9.17) is 10.3 Å². The first-order valence-electron chi connectivity index (χ1n) is 6.19. The van der Waals surface area contributed by atoms with Crippen LogP contribution in [-0.2, 0) is 9.09 Å². The molecule has 16 heavy (non-hydrogen) atoms. The molecule has 1 atom stereocenters. The van der Waals surface area contributed by atoms with Gasteiger partial charge in [-0.2, -0.15) is 0 Å². The van der Waals surface area contributed by atoms with Crippen LogP contribution in [0.2, 0.25) is 0 Å². The summed E-state index contributed by atoms with van der Waals surface area (Å²) < 4.78 is 17.0. The van der Waals surface area contributed by atoms with Crippen molar-refractivity contribution >= 4 is 7.60 Å². The van der Waals surface area contributed by atoms with Gasteiger partial charge in [-0.3, -0.25) is 4.57 Å². The summed E-state index contributed by atoms with van der Waals surface area (Å²) >= 11 is 0. The maximum Gasteiger partial charge on any atom is 0.347 e. The van der Waals surface area contributed by atoms with E-state index in [9.17, 15) is 9.46 Å². The van der Waals surface area contributed by atoms with E-state index < -0.39 is 12.9 Å². The van der Waals surface area contributed by atoms with Crippen LogP contribution < -0.4 is 5.73 Å². The topological polar surface area (TPSA) is 72.5 Å². The van der Waals surface area contributed by atoms with Gasteiger partial charge in [-0.25, -0.2) is 0 Å². The number of hydrogen-bond acceptors (Lipinski definition) is 3. The van der Waals surface area contributed by atoms with Gasteiger partial charge in [0.25, 0.3) is 0 Å². The monoisotopic (exact) mass is 251 g/mol. The summed E-state index contributed by atoms with van der Waals surface area (Å²) in [5.41, 5.74) is 5.88. The van der Waals surface area contributed by atoms with E-state index in [-0.39, 0.29) is 0 Å². The maximum absolute atomic E-state index is 11.9. The predicted octanol–water partition coefficient (Wildman–Crippen LogP) is 3.24. The molecule has 0 rings (SSSR count). The predicted molar refractivity (Wildman–Crippen MR) is 67.4 cm³/mol. The lowest BCUT2D eigenvalue weighted by Gasteiger charge is -2.30. The van der Waals surface area contributed by atoms with Crippen LogP contribution in [0, 0.1) is 0 Å². The van der Waals surface area contributed by atoms with E-state index >= 15 is 0 Å². The Morgan fingerprint density at radius 3 is 2.19 bits per heavy atom. The van der Waals surface area contributed by atoms with Crippen molar-refractivity contribution in [3.63, 3.8) is 0 Å². The Kier molecular flexibility index (Phi) is 7.49. The van der Waals surface area contributed by atoms with Gasteiger partial charge in [-0.15, -0.1) is 0 Å². The zero-order valence-electron chi connectivity index (χ0n) is 10.7. The van der Waals surface area contributed by atoms with Crippen LogP contribution in [0.15, 0.2) is 0 Å². The second-order valence-electron chi connectivity index (χ2n) is 4.22. The normalized spacial score (nSPS) is 16.1. The number of nitrogens with two attached hydrogens (primary N) is 1. The molecule has 0 aliphatic heterocycles. The van der Waals surface area contributed by atoms with Gasteiger partial charge in [0.2, 0.25) is 0 Å². The molecular formula is C11H26NO3P. The van der Waals surface area contributed by atoms with E-state index in [1.807, 2.05) is 13.8 Å². The van der Waals surface area contributed by atoms with E-state index in [1.54, 1.807) is 0 Å². The maximum atomic E-state index is 11.9. The summed E-state index contributed by atoms with van der Waals surface area (Å²) in [6.07, 6.45) is 5.03. The Labute approximate surface area is 99.1 Å². The molecule has 0 radical (unpaired) electrons. The van der Waals surface area contributed by atoms with Crippen molar-refractivity contribution in [3.8, 4) is 0 Å². The van der Waals surface area contributed by atoms with Gasteiger partial charge in [-0.05, 0) is 19.3 Å². The van der Waals surface area contributed by atoms with Crippen LogP contribution in [0.4, 0.5) is 0 Å². The minimum absolute atomic E-state index is 0.326. The van der Waals surface area contributed by atoms with E-state index in [2.05, 4.69) is 6.92 Å². The highest BCUT2D eigenvalue weighted by Crippen LogP contribution is 2.55. The van der Waals surface area contributed by atoms with E-state index in [0.717, 1.165) is 25.7 Å². The fourth-order valence-electron chi connectivity index (χ4n) is 1.50. The van der Waals surface area contributed by atoms with Crippen molar-refractivity contribution in [2.24, 2.45) is 5.73 Å². The smallest absolute Gasteiger partial charge is 0.323 e. The first kappa shape index (κ1) is 16.1. The Bertz CT molecular complexity index is 229. The van der Waals surface area contributed by atoms with Crippen molar-refractivity contribution in [1.82, 2.24) is 0 Å². The van der Waals surface area contributed by atoms with Crippen molar-refractivity contribution < 1.29 is 14.0 Å². The molecule has 0 aliphatic rings. The van der Waals surface area contributed by atoms with Crippen LogP contribution in [-0.4, -0.2) is 16.8 Å². The lowest BCUT2D eigenvalue weighted by atomic mass is 10.2. The minimum atomic E-state index is -3.69. The van der Waals surface area contributed by atoms with Gasteiger partial charge in [0, 0.05) is 0 Å². The number of unbranched alkanes of at least 4 members (excludes halogenated alkanes) is 3. The summed E-state index contributed by atoms with van der Waals surface area (Å²) in [4.78, 5) is 9.80. The largest absolute Gasteiger partial charge is 0.347 e. The van der Waals surface area contributed by atoms with Gasteiger partial charge in [0.1, 0.15) is 5.28 Å². The summed E-state index contributed by atoms with van der Waals surface area (Å²) in [6, 6.07) is 0. The van der Waals surface area contributed by atoms with E-state index in [0.29, 0.717) is 19.4 Å². The Morgan fingerprint density at radius 1 is 1.19 bits per heavy atom. The molecule has 3 N–H and O–H groups in total. The third-order valence-electron chi connectivity index (χ3n) is 3.05. The average molecular weight is 251 g/mol. The van der Waals surface area contributed by atoms with Crippen molar-refractivity contribution in [2.45, 2.75) is 64.6 Å². The summed E-state index contributed by atoms with van der Waals surface area (Å²) in [6.45, 7) is 6.07. The third-order valence-corrected chi connectivity index (χ3v) is 5.34. The van der Waals surface area contributed by atoms with Crippen LogP contribution in [0.5, 0.6) is 0 Å². The molecule has 0 aromatic carbocycles. The molecule has 1 unspecified atom stereocenters. The van der Waals surface area contributed by atoms with Crippen molar-refractivity contribution in [2.75, 3.05) is 6.61 Å². The quantitative estimate of drug-likeness (QED) is 0.487. The molecule has 0 aliphatic carbocycles. The summed E-state index contributed by atoms with van der Waals surface area (Å²) in [5, 5.41) is -1.09. The zero-order valence-corrected chi connectivity index (χ0v) is 11.6. The fourth-order valence-corrected chi connectivity index (χ4v) is 2.93. The van der Waals surface area contributed by atoms with Gasteiger partial charge in [0.05, 0.1) is 6.61 Å². The fraction of sp³-hybridized carbons (Fsp3) is 1.00. The SMILES string of the molecule is CCCCCCOP(=O)(O)C(N)(CC)CC. The Hall–Kier alpha value is 0.110. The van der Waals surface area contributed by atoms with Gasteiger partial charge < -0.3 is 15.2 Å². The molecule has 0 spiro atoms. The van der Waals surface area contributed by atoms with Crippen molar-refractivity contribution in [3.05, 3.63) is 0 Å². The van der Waals surface area contributed by atoms with Gasteiger partial charge in [0.15, 0.2) is 0 Å². The van der Waals surface area contributed by atoms with Crippen LogP contribution in [0.1, 0.15) is 59.3 Å². The minimum Gasteiger partial charge on any atom is -0.323 e. The molecule has 4 nitrogen and oxygen atoms in total. The first-order valence-corrected chi connectivity index (χ1v) is 7.77. The molecule has 0 amide bonds. The lowest BCUT2D eigenvalue weighted by molar-refractivity contribution is 0.224. The molecule has 0 heterocycles. The summed E-state index contributed by atoms with van der Waals surface area (Å²) in [7, 11) is -3.69. The second kappa shape index (κ2) is 7.44. The zero-order chi connectivity index (χ0) is 12.7. The molecule has 5 heteroatoms. The molecule has 0 aromatic heterocycles. The molecule has 0 saturated heterocycles. The highest BCUT2D eigenvalue weighted by atomic mass is 31.2. The average Bonchev–Trinajstić information content (AvgIpc) is 2.27. The van der Waals surface area contributed by atoms with Crippen LogP contribution in [0.3, 0.4) is 0 Å². The van der Waals surface area contributed by atoms with Crippen LogP contribution >= 0.6 is 7.60 Å². The summed E-state index contributed by atoms with van der Waals surface area (Å²) in [5.74, 6) is 0. The molecule has 0 saturated carbocycles. The molecule has 98 valence electrons. The number of rotatable bonds is 9. The van der Waals surface area contributed by atoms with Crippen molar-refractivity contribution in [1.29, 1.82) is 0 Å².